The third kappa shape index (κ3) is 8.73. The molecule has 0 amide bonds. The SMILES string of the molecule is CCCCCCCCC(=O)c1ccc(OCC(C)(C)CC(C)C)cc1O. The molecule has 0 bridgehead atoms. The van der Waals surface area contributed by atoms with Crippen LogP contribution >= 0.6 is 0 Å². The van der Waals surface area contributed by atoms with Gasteiger partial charge in [-0.3, -0.25) is 4.79 Å². The van der Waals surface area contributed by atoms with Crippen LogP contribution in [-0.4, -0.2) is 17.5 Å². The first-order valence-corrected chi connectivity index (χ1v) is 10.2. The molecule has 1 aromatic rings. The van der Waals surface area contributed by atoms with Gasteiger partial charge in [0.05, 0.1) is 12.2 Å². The minimum atomic E-state index is 0.0182. The highest BCUT2D eigenvalue weighted by Gasteiger charge is 2.21. The second kappa shape index (κ2) is 11.3. The zero-order chi connectivity index (χ0) is 19.6. The van der Waals surface area contributed by atoms with Crippen LogP contribution in [0.4, 0.5) is 0 Å². The fourth-order valence-electron chi connectivity index (χ4n) is 3.48. The smallest absolute Gasteiger partial charge is 0.166 e. The van der Waals surface area contributed by atoms with Gasteiger partial charge in [-0.1, -0.05) is 66.7 Å². The molecule has 1 aromatic carbocycles. The van der Waals surface area contributed by atoms with E-state index in [0.29, 0.717) is 30.3 Å². The van der Waals surface area contributed by atoms with E-state index in [0.717, 1.165) is 19.3 Å². The number of ether oxygens (including phenoxy) is 1. The Morgan fingerprint density at radius 1 is 1.12 bits per heavy atom. The number of ketones is 1. The van der Waals surface area contributed by atoms with E-state index in [1.165, 1.54) is 25.7 Å². The van der Waals surface area contributed by atoms with Crippen molar-refractivity contribution in [1.29, 1.82) is 0 Å². The minimum Gasteiger partial charge on any atom is -0.507 e. The molecule has 26 heavy (non-hydrogen) atoms. The molecule has 0 saturated carbocycles. The summed E-state index contributed by atoms with van der Waals surface area (Å²) < 4.78 is 5.85. The van der Waals surface area contributed by atoms with Crippen molar-refractivity contribution in [2.24, 2.45) is 11.3 Å². The molecule has 0 radical (unpaired) electrons. The second-order valence-corrected chi connectivity index (χ2v) is 8.67. The molecule has 0 aliphatic heterocycles. The van der Waals surface area contributed by atoms with Gasteiger partial charge >= 0.3 is 0 Å². The van der Waals surface area contributed by atoms with Crippen molar-refractivity contribution in [3.63, 3.8) is 0 Å². The van der Waals surface area contributed by atoms with Crippen LogP contribution in [0.1, 0.15) is 96.3 Å². The van der Waals surface area contributed by atoms with Crippen molar-refractivity contribution in [2.75, 3.05) is 6.61 Å². The second-order valence-electron chi connectivity index (χ2n) is 8.67. The van der Waals surface area contributed by atoms with Crippen molar-refractivity contribution < 1.29 is 14.6 Å². The molecule has 0 heterocycles. The van der Waals surface area contributed by atoms with Crippen molar-refractivity contribution in [3.05, 3.63) is 23.8 Å². The summed E-state index contributed by atoms with van der Waals surface area (Å²) >= 11 is 0. The fraction of sp³-hybridized carbons (Fsp3) is 0.696. The number of phenolic OH excluding ortho intramolecular Hbond substituents is 1. The highest BCUT2D eigenvalue weighted by Crippen LogP contribution is 2.29. The van der Waals surface area contributed by atoms with Gasteiger partial charge in [-0.25, -0.2) is 0 Å². The molecule has 1 rings (SSSR count). The van der Waals surface area contributed by atoms with Crippen LogP contribution in [0.3, 0.4) is 0 Å². The van der Waals surface area contributed by atoms with Crippen LogP contribution in [0.5, 0.6) is 11.5 Å². The molecule has 0 aliphatic carbocycles. The van der Waals surface area contributed by atoms with Gasteiger partial charge in [0.1, 0.15) is 11.5 Å². The molecule has 0 fully saturated rings. The number of hydrogen-bond donors (Lipinski definition) is 1. The summed E-state index contributed by atoms with van der Waals surface area (Å²) in [6.45, 7) is 11.6. The van der Waals surface area contributed by atoms with Crippen molar-refractivity contribution in [1.82, 2.24) is 0 Å². The van der Waals surface area contributed by atoms with Crippen LogP contribution in [0, 0.1) is 11.3 Å². The number of aromatic hydroxyl groups is 1. The van der Waals surface area contributed by atoms with Gasteiger partial charge in [-0.2, -0.15) is 0 Å². The zero-order valence-corrected chi connectivity index (χ0v) is 17.4. The largest absolute Gasteiger partial charge is 0.507 e. The normalized spacial score (nSPS) is 11.8. The summed E-state index contributed by atoms with van der Waals surface area (Å²) in [5.74, 6) is 1.28. The third-order valence-electron chi connectivity index (χ3n) is 4.62. The molecular formula is C23H38O3. The molecule has 0 saturated heterocycles. The molecule has 3 heteroatoms. The van der Waals surface area contributed by atoms with Gasteiger partial charge in [0.15, 0.2) is 5.78 Å². The number of carbonyl (C=O) groups excluding carboxylic acids is 1. The first-order chi connectivity index (χ1) is 12.2. The quantitative estimate of drug-likeness (QED) is 0.311. The topological polar surface area (TPSA) is 46.5 Å². The number of Topliss-reactive ketones (excluding diaryl/α,β-unsaturated/α-hetero) is 1. The van der Waals surface area contributed by atoms with Gasteiger partial charge in [-0.05, 0) is 36.3 Å². The molecule has 0 spiro atoms. The Hall–Kier alpha value is -1.51. The Balaban J connectivity index is 2.49. The van der Waals surface area contributed by atoms with E-state index in [-0.39, 0.29) is 16.9 Å². The number of benzene rings is 1. The van der Waals surface area contributed by atoms with Crippen LogP contribution in [-0.2, 0) is 0 Å². The lowest BCUT2D eigenvalue weighted by Crippen LogP contribution is -2.23. The lowest BCUT2D eigenvalue weighted by atomic mass is 9.85. The monoisotopic (exact) mass is 362 g/mol. The summed E-state index contributed by atoms with van der Waals surface area (Å²) in [5.41, 5.74) is 0.489. The Morgan fingerprint density at radius 2 is 1.77 bits per heavy atom. The number of carbonyl (C=O) groups is 1. The van der Waals surface area contributed by atoms with E-state index in [1.807, 2.05) is 0 Å². The molecule has 0 aliphatic rings. The highest BCUT2D eigenvalue weighted by atomic mass is 16.5. The van der Waals surface area contributed by atoms with Crippen LogP contribution in [0.25, 0.3) is 0 Å². The van der Waals surface area contributed by atoms with E-state index < -0.39 is 0 Å². The Bertz CT molecular complexity index is 546. The average Bonchev–Trinajstić information content (AvgIpc) is 2.55. The van der Waals surface area contributed by atoms with E-state index in [9.17, 15) is 9.90 Å². The zero-order valence-electron chi connectivity index (χ0n) is 17.4. The van der Waals surface area contributed by atoms with E-state index in [1.54, 1.807) is 18.2 Å². The van der Waals surface area contributed by atoms with Gasteiger partial charge in [0.2, 0.25) is 0 Å². The van der Waals surface area contributed by atoms with Crippen LogP contribution in [0.15, 0.2) is 18.2 Å². The van der Waals surface area contributed by atoms with Crippen molar-refractivity contribution in [2.45, 2.75) is 86.0 Å². The maximum atomic E-state index is 12.3. The van der Waals surface area contributed by atoms with E-state index in [2.05, 4.69) is 34.6 Å². The predicted molar refractivity (Wildman–Crippen MR) is 109 cm³/mol. The molecular weight excluding hydrogens is 324 g/mol. The maximum absolute atomic E-state index is 12.3. The lowest BCUT2D eigenvalue weighted by molar-refractivity contribution is 0.0976. The van der Waals surface area contributed by atoms with Gasteiger partial charge < -0.3 is 9.84 Å². The summed E-state index contributed by atoms with van der Waals surface area (Å²) in [6, 6.07) is 5.05. The molecule has 0 unspecified atom stereocenters. The summed E-state index contributed by atoms with van der Waals surface area (Å²) in [7, 11) is 0. The highest BCUT2D eigenvalue weighted by molar-refractivity contribution is 5.98. The summed E-state index contributed by atoms with van der Waals surface area (Å²) in [4.78, 5) is 12.3. The lowest BCUT2D eigenvalue weighted by Gasteiger charge is -2.26. The average molecular weight is 363 g/mol. The Kier molecular flexibility index (Phi) is 9.75. The van der Waals surface area contributed by atoms with Crippen LogP contribution < -0.4 is 4.74 Å². The number of rotatable bonds is 13. The molecule has 148 valence electrons. The number of hydrogen-bond acceptors (Lipinski definition) is 3. The molecule has 0 atom stereocenters. The molecule has 0 aromatic heterocycles. The first kappa shape index (κ1) is 22.5. The van der Waals surface area contributed by atoms with Gasteiger partial charge in [-0.15, -0.1) is 0 Å². The van der Waals surface area contributed by atoms with Crippen molar-refractivity contribution >= 4 is 5.78 Å². The molecule has 3 nitrogen and oxygen atoms in total. The van der Waals surface area contributed by atoms with Gasteiger partial charge in [0.25, 0.3) is 0 Å². The minimum absolute atomic E-state index is 0.0182. The van der Waals surface area contributed by atoms with Gasteiger partial charge in [0, 0.05) is 12.5 Å². The third-order valence-corrected chi connectivity index (χ3v) is 4.62. The van der Waals surface area contributed by atoms with Crippen molar-refractivity contribution in [3.8, 4) is 11.5 Å². The predicted octanol–water partition coefficient (Wildman–Crippen LogP) is 6.78. The standard InChI is InChI=1S/C23H38O3/c1-6-7-8-9-10-11-12-21(24)20-14-13-19(15-22(20)25)26-17-23(4,5)16-18(2)3/h13-15,18,25H,6-12,16-17H2,1-5H3. The fourth-order valence-corrected chi connectivity index (χ4v) is 3.48. The summed E-state index contributed by atoms with van der Waals surface area (Å²) in [6.07, 6.45) is 8.48. The van der Waals surface area contributed by atoms with Crippen LogP contribution in [0.2, 0.25) is 0 Å². The van der Waals surface area contributed by atoms with E-state index >= 15 is 0 Å². The summed E-state index contributed by atoms with van der Waals surface area (Å²) in [5, 5.41) is 10.2. The molecule has 1 N–H and O–H groups in total. The number of unbranched alkanes of at least 4 members (excludes halogenated alkanes) is 5. The first-order valence-electron chi connectivity index (χ1n) is 10.2. The maximum Gasteiger partial charge on any atom is 0.166 e. The Morgan fingerprint density at radius 3 is 2.38 bits per heavy atom. The Labute approximate surface area is 160 Å². The van der Waals surface area contributed by atoms with E-state index in [4.69, 9.17) is 4.74 Å². The number of phenols is 1.